The van der Waals surface area contributed by atoms with E-state index < -0.39 is 0 Å². The van der Waals surface area contributed by atoms with Crippen LogP contribution in [0.4, 0.5) is 0 Å². The Morgan fingerprint density at radius 3 is 1.60 bits per heavy atom. The van der Waals surface area contributed by atoms with Crippen molar-refractivity contribution in [1.82, 2.24) is 4.57 Å². The normalized spacial score (nSPS) is 11.8. The zero-order valence-electron chi connectivity index (χ0n) is 26.1. The lowest BCUT2D eigenvalue weighted by molar-refractivity contribution is 0.673. The Balaban J connectivity index is 1.27. The second-order valence-electron chi connectivity index (χ2n) is 12.5. The third-order valence-electron chi connectivity index (χ3n) is 9.73. The van der Waals surface area contributed by atoms with Crippen molar-refractivity contribution in [2.75, 3.05) is 0 Å². The van der Waals surface area contributed by atoms with Crippen molar-refractivity contribution in [2.45, 2.75) is 0 Å². The van der Waals surface area contributed by atoms with Crippen molar-refractivity contribution >= 4 is 54.5 Å². The number of rotatable bonds is 4. The molecule has 0 spiro atoms. The third kappa shape index (κ3) is 4.06. The molecule has 0 atom stereocenters. The fourth-order valence-corrected chi connectivity index (χ4v) is 7.60. The summed E-state index contributed by atoms with van der Waals surface area (Å²) in [5.41, 5.74) is 12.5. The summed E-state index contributed by atoms with van der Waals surface area (Å²) in [6.45, 7) is 0. The second kappa shape index (κ2) is 10.6. The van der Waals surface area contributed by atoms with Gasteiger partial charge in [0.15, 0.2) is 0 Å². The first-order chi connectivity index (χ1) is 23.8. The highest BCUT2D eigenvalue weighted by Gasteiger charge is 2.22. The van der Waals surface area contributed by atoms with E-state index in [1.165, 1.54) is 60.4 Å². The van der Waals surface area contributed by atoms with Crippen LogP contribution in [-0.4, -0.2) is 4.57 Å². The first-order valence-corrected chi connectivity index (χ1v) is 16.4. The molecule has 0 aliphatic rings. The molecular weight excluding hydrogens is 583 g/mol. The van der Waals surface area contributed by atoms with Gasteiger partial charge >= 0.3 is 0 Å². The molecule has 0 radical (unpaired) electrons. The van der Waals surface area contributed by atoms with Gasteiger partial charge in [-0.05, 0) is 81.2 Å². The molecule has 2 heterocycles. The minimum absolute atomic E-state index is 0.913. The van der Waals surface area contributed by atoms with Gasteiger partial charge in [-0.1, -0.05) is 133 Å². The summed E-state index contributed by atoms with van der Waals surface area (Å²) in [4.78, 5) is 0. The molecule has 0 bridgehead atoms. The second-order valence-corrected chi connectivity index (χ2v) is 12.5. The Morgan fingerprint density at radius 2 is 0.896 bits per heavy atom. The molecule has 2 aromatic heterocycles. The zero-order valence-corrected chi connectivity index (χ0v) is 26.1. The molecule has 0 unspecified atom stereocenters. The summed E-state index contributed by atoms with van der Waals surface area (Å²) in [5.74, 6) is 0. The third-order valence-corrected chi connectivity index (χ3v) is 9.73. The van der Waals surface area contributed by atoms with Crippen LogP contribution in [-0.2, 0) is 0 Å². The molecule has 0 saturated carbocycles. The highest BCUT2D eigenvalue weighted by molar-refractivity contribution is 6.35. The van der Waals surface area contributed by atoms with Gasteiger partial charge in [0.25, 0.3) is 0 Å². The largest absolute Gasteiger partial charge is 0.455 e. The smallest absolute Gasteiger partial charge is 0.146 e. The molecule has 10 rings (SSSR count). The molecule has 10 aromatic rings. The van der Waals surface area contributed by atoms with Crippen molar-refractivity contribution in [3.05, 3.63) is 176 Å². The standard InChI is InChI=1S/C46H29NO/c1-3-14-30(15-4-1)33-26-34(31-16-5-2-6-17-31)28-35(27-33)32-18-13-19-36(29-32)47-41-24-11-9-22-39(41)44-45(47)38-21-8-7-20-37(38)43-40-23-10-12-25-42(40)48-46(43)44/h1-29H. The number of hydrogen-bond donors (Lipinski definition) is 0. The summed E-state index contributed by atoms with van der Waals surface area (Å²) < 4.78 is 9.15. The average Bonchev–Trinajstić information content (AvgIpc) is 3.72. The quantitative estimate of drug-likeness (QED) is 0.194. The SMILES string of the molecule is c1ccc(-c2cc(-c3ccccc3)cc(-c3cccc(-n4c5ccccc5c5c6oc7ccccc7c6c6ccccc6c54)c3)c2)cc1. The van der Waals surface area contributed by atoms with Gasteiger partial charge in [0.1, 0.15) is 11.2 Å². The van der Waals surface area contributed by atoms with Gasteiger partial charge in [0.05, 0.1) is 16.4 Å². The predicted octanol–water partition coefficient (Wildman–Crippen LogP) is 12.8. The maximum absolute atomic E-state index is 6.72. The maximum atomic E-state index is 6.72. The van der Waals surface area contributed by atoms with E-state index in [4.69, 9.17) is 4.42 Å². The van der Waals surface area contributed by atoms with Crippen molar-refractivity contribution in [3.8, 4) is 39.1 Å². The number of nitrogens with zero attached hydrogens (tertiary/aromatic N) is 1. The van der Waals surface area contributed by atoms with Gasteiger partial charge in [0, 0.05) is 27.2 Å². The van der Waals surface area contributed by atoms with Crippen LogP contribution in [0.15, 0.2) is 180 Å². The lowest BCUT2D eigenvalue weighted by Crippen LogP contribution is -1.95. The number of furan rings is 1. The first-order valence-electron chi connectivity index (χ1n) is 16.4. The minimum atomic E-state index is 0.913. The van der Waals surface area contributed by atoms with E-state index in [0.29, 0.717) is 0 Å². The molecule has 8 aromatic carbocycles. The van der Waals surface area contributed by atoms with E-state index in [1.54, 1.807) is 0 Å². The number of benzene rings is 8. The fourth-order valence-electron chi connectivity index (χ4n) is 7.60. The summed E-state index contributed by atoms with van der Waals surface area (Å²) >= 11 is 0. The van der Waals surface area contributed by atoms with Crippen LogP contribution < -0.4 is 0 Å². The Hall–Kier alpha value is -6.38. The van der Waals surface area contributed by atoms with Crippen molar-refractivity contribution in [3.63, 3.8) is 0 Å². The van der Waals surface area contributed by atoms with E-state index >= 15 is 0 Å². The van der Waals surface area contributed by atoms with Gasteiger partial charge in [-0.2, -0.15) is 0 Å². The number of aromatic nitrogens is 1. The van der Waals surface area contributed by atoms with Crippen LogP contribution >= 0.6 is 0 Å². The molecular formula is C46H29NO. The Kier molecular flexibility index (Phi) is 5.91. The van der Waals surface area contributed by atoms with Crippen molar-refractivity contribution in [2.24, 2.45) is 0 Å². The van der Waals surface area contributed by atoms with Crippen LogP contribution in [0, 0.1) is 0 Å². The zero-order chi connectivity index (χ0) is 31.6. The van der Waals surface area contributed by atoms with Gasteiger partial charge in [0.2, 0.25) is 0 Å². The molecule has 2 heteroatoms. The maximum Gasteiger partial charge on any atom is 0.146 e. The number of fused-ring (bicyclic) bond motifs is 10. The molecule has 0 amide bonds. The molecule has 0 N–H and O–H groups in total. The van der Waals surface area contributed by atoms with E-state index in [9.17, 15) is 0 Å². The topological polar surface area (TPSA) is 18.1 Å². The van der Waals surface area contributed by atoms with Crippen LogP contribution in [0.1, 0.15) is 0 Å². The van der Waals surface area contributed by atoms with Gasteiger partial charge in [-0.25, -0.2) is 0 Å². The lowest BCUT2D eigenvalue weighted by atomic mass is 9.93. The Morgan fingerprint density at radius 1 is 0.354 bits per heavy atom. The Labute approximate surface area is 277 Å². The van der Waals surface area contributed by atoms with E-state index in [2.05, 4.69) is 180 Å². The predicted molar refractivity (Wildman–Crippen MR) is 202 cm³/mol. The van der Waals surface area contributed by atoms with Crippen LogP contribution in [0.2, 0.25) is 0 Å². The van der Waals surface area contributed by atoms with Crippen LogP contribution in [0.5, 0.6) is 0 Å². The fraction of sp³-hybridized carbons (Fsp3) is 0. The molecule has 0 aliphatic carbocycles. The highest BCUT2D eigenvalue weighted by Crippen LogP contribution is 2.46. The van der Waals surface area contributed by atoms with Crippen LogP contribution in [0.25, 0.3) is 93.6 Å². The van der Waals surface area contributed by atoms with Crippen LogP contribution in [0.3, 0.4) is 0 Å². The summed E-state index contributed by atoms with van der Waals surface area (Å²) in [6.07, 6.45) is 0. The Bertz CT molecular complexity index is 2760. The van der Waals surface area contributed by atoms with Crippen molar-refractivity contribution < 1.29 is 4.42 Å². The van der Waals surface area contributed by atoms with Gasteiger partial charge in [-0.15, -0.1) is 0 Å². The summed E-state index contributed by atoms with van der Waals surface area (Å²) in [6, 6.07) is 63.1. The molecule has 0 aliphatic heterocycles. The molecule has 224 valence electrons. The van der Waals surface area contributed by atoms with Gasteiger partial charge in [-0.3, -0.25) is 0 Å². The van der Waals surface area contributed by atoms with Gasteiger partial charge < -0.3 is 8.98 Å². The highest BCUT2D eigenvalue weighted by atomic mass is 16.3. The summed E-state index contributed by atoms with van der Waals surface area (Å²) in [5, 5.41) is 7.08. The molecule has 0 saturated heterocycles. The molecule has 2 nitrogen and oxygen atoms in total. The lowest BCUT2D eigenvalue weighted by Gasteiger charge is -2.14. The van der Waals surface area contributed by atoms with E-state index in [0.717, 1.165) is 33.1 Å². The van der Waals surface area contributed by atoms with E-state index in [1.807, 2.05) is 0 Å². The minimum Gasteiger partial charge on any atom is -0.455 e. The monoisotopic (exact) mass is 611 g/mol. The summed E-state index contributed by atoms with van der Waals surface area (Å²) in [7, 11) is 0. The molecule has 48 heavy (non-hydrogen) atoms. The number of hydrogen-bond acceptors (Lipinski definition) is 1. The average molecular weight is 612 g/mol. The van der Waals surface area contributed by atoms with E-state index in [-0.39, 0.29) is 0 Å². The number of para-hydroxylation sites is 2. The molecule has 0 fully saturated rings. The first kappa shape index (κ1) is 26.8. The van der Waals surface area contributed by atoms with Crippen molar-refractivity contribution in [1.29, 1.82) is 0 Å².